The number of pyridine rings is 1. The molecule has 0 aliphatic heterocycles. The smallest absolute Gasteiger partial charge is 0.267 e. The Labute approximate surface area is 153 Å². The van der Waals surface area contributed by atoms with Crippen LogP contribution >= 0.6 is 22.9 Å². The zero-order valence-corrected chi connectivity index (χ0v) is 15.0. The summed E-state index contributed by atoms with van der Waals surface area (Å²) in [5, 5.41) is 13.2. The molecule has 0 unspecified atom stereocenters. The van der Waals surface area contributed by atoms with Crippen molar-refractivity contribution in [2.24, 2.45) is 0 Å². The topological polar surface area (TPSA) is 118 Å². The van der Waals surface area contributed by atoms with Gasteiger partial charge in [-0.15, -0.1) is 11.3 Å². The number of nitrogen functional groups attached to an aromatic ring is 2. The molecule has 1 amide bonds. The van der Waals surface area contributed by atoms with Gasteiger partial charge in [-0.1, -0.05) is 17.7 Å². The van der Waals surface area contributed by atoms with E-state index in [1.54, 1.807) is 25.1 Å². The molecule has 0 aliphatic carbocycles. The van der Waals surface area contributed by atoms with Crippen molar-refractivity contribution in [3.8, 4) is 6.07 Å². The minimum absolute atomic E-state index is 0.131. The largest absolute Gasteiger partial charge is 0.397 e. The molecule has 6 nitrogen and oxygen atoms in total. The van der Waals surface area contributed by atoms with Gasteiger partial charge in [-0.25, -0.2) is 4.98 Å². The van der Waals surface area contributed by atoms with Crippen molar-refractivity contribution in [3.63, 3.8) is 0 Å². The third-order valence-electron chi connectivity index (χ3n) is 3.99. The number of fused-ring (bicyclic) bond motifs is 1. The number of halogens is 1. The summed E-state index contributed by atoms with van der Waals surface area (Å²) >= 11 is 7.22. The number of anilines is 3. The summed E-state index contributed by atoms with van der Waals surface area (Å²) in [7, 11) is 0. The van der Waals surface area contributed by atoms with Crippen molar-refractivity contribution in [1.82, 2.24) is 4.98 Å². The molecule has 8 heteroatoms. The lowest BCUT2D eigenvalue weighted by molar-refractivity contribution is 0.103. The number of nitrogens with zero attached hydrogens (tertiary/aromatic N) is 2. The van der Waals surface area contributed by atoms with E-state index >= 15 is 0 Å². The predicted molar refractivity (Wildman–Crippen MR) is 102 cm³/mol. The lowest BCUT2D eigenvalue weighted by Crippen LogP contribution is -2.13. The maximum Gasteiger partial charge on any atom is 0.267 e. The third-order valence-corrected chi connectivity index (χ3v) is 5.50. The average Bonchev–Trinajstić information content (AvgIpc) is 2.89. The molecule has 25 heavy (non-hydrogen) atoms. The summed E-state index contributed by atoms with van der Waals surface area (Å²) in [6.07, 6.45) is 0. The van der Waals surface area contributed by atoms with E-state index in [4.69, 9.17) is 23.1 Å². The number of rotatable bonds is 2. The van der Waals surface area contributed by atoms with Gasteiger partial charge < -0.3 is 16.8 Å². The maximum absolute atomic E-state index is 12.7. The molecule has 0 saturated heterocycles. The van der Waals surface area contributed by atoms with Crippen molar-refractivity contribution < 1.29 is 4.79 Å². The van der Waals surface area contributed by atoms with Gasteiger partial charge in [0.05, 0.1) is 11.3 Å². The normalized spacial score (nSPS) is 10.6. The Morgan fingerprint density at radius 2 is 2.04 bits per heavy atom. The van der Waals surface area contributed by atoms with Gasteiger partial charge in [-0.3, -0.25) is 4.79 Å². The highest BCUT2D eigenvalue weighted by atomic mass is 35.5. The van der Waals surface area contributed by atoms with Gasteiger partial charge in [-0.05, 0) is 37.1 Å². The van der Waals surface area contributed by atoms with Crippen LogP contribution in [0.15, 0.2) is 18.2 Å². The monoisotopic (exact) mass is 371 g/mol. The molecule has 3 aromatic rings. The van der Waals surface area contributed by atoms with E-state index in [-0.39, 0.29) is 17.3 Å². The van der Waals surface area contributed by atoms with E-state index in [1.807, 2.05) is 13.0 Å². The summed E-state index contributed by atoms with van der Waals surface area (Å²) in [5.41, 5.74) is 14.5. The number of nitriles is 1. The summed E-state index contributed by atoms with van der Waals surface area (Å²) in [4.78, 5) is 17.7. The van der Waals surface area contributed by atoms with Crippen molar-refractivity contribution in [3.05, 3.63) is 44.8 Å². The second kappa shape index (κ2) is 6.24. The van der Waals surface area contributed by atoms with E-state index in [9.17, 15) is 10.1 Å². The summed E-state index contributed by atoms with van der Waals surface area (Å²) in [6, 6.07) is 7.29. The summed E-state index contributed by atoms with van der Waals surface area (Å²) in [6.45, 7) is 3.56. The molecule has 0 radical (unpaired) electrons. The number of carbonyl (C=O) groups excluding carboxylic acids is 1. The first-order chi connectivity index (χ1) is 11.8. The molecule has 126 valence electrons. The fraction of sp³-hybridized carbons (Fsp3) is 0.118. The molecule has 0 bridgehead atoms. The van der Waals surface area contributed by atoms with Crippen molar-refractivity contribution in [1.29, 1.82) is 5.26 Å². The second-order valence-corrected chi connectivity index (χ2v) is 6.91. The van der Waals surface area contributed by atoms with E-state index in [0.29, 0.717) is 37.1 Å². The van der Waals surface area contributed by atoms with E-state index < -0.39 is 0 Å². The van der Waals surface area contributed by atoms with Crippen LogP contribution in [0.3, 0.4) is 0 Å². The van der Waals surface area contributed by atoms with E-state index in [2.05, 4.69) is 10.3 Å². The van der Waals surface area contributed by atoms with Crippen LogP contribution < -0.4 is 16.8 Å². The Bertz CT molecular complexity index is 1070. The van der Waals surface area contributed by atoms with Gasteiger partial charge in [-0.2, -0.15) is 5.26 Å². The van der Waals surface area contributed by atoms with Crippen molar-refractivity contribution >= 4 is 56.3 Å². The highest BCUT2D eigenvalue weighted by Crippen LogP contribution is 2.37. The van der Waals surface area contributed by atoms with Crippen LogP contribution in [0.4, 0.5) is 17.2 Å². The van der Waals surface area contributed by atoms with Gasteiger partial charge in [0.15, 0.2) is 0 Å². The zero-order valence-electron chi connectivity index (χ0n) is 13.5. The Morgan fingerprint density at radius 3 is 2.72 bits per heavy atom. The minimum Gasteiger partial charge on any atom is -0.397 e. The minimum atomic E-state index is -0.359. The second-order valence-electron chi connectivity index (χ2n) is 5.50. The number of nitrogens with two attached hydrogens (primary N) is 2. The van der Waals surface area contributed by atoms with Gasteiger partial charge in [0.25, 0.3) is 5.91 Å². The lowest BCUT2D eigenvalue weighted by atomic mass is 10.1. The van der Waals surface area contributed by atoms with Crippen LogP contribution in [0.2, 0.25) is 5.02 Å². The van der Waals surface area contributed by atoms with Gasteiger partial charge in [0.2, 0.25) is 0 Å². The zero-order chi connectivity index (χ0) is 18.3. The number of amides is 1. The molecule has 1 aromatic carbocycles. The maximum atomic E-state index is 12.7. The highest BCUT2D eigenvalue weighted by molar-refractivity contribution is 7.21. The molecule has 0 fully saturated rings. The number of carbonyl (C=O) groups is 1. The fourth-order valence-corrected chi connectivity index (χ4v) is 3.82. The number of hydrogen-bond donors (Lipinski definition) is 3. The SMILES string of the molecule is Cc1c(Cl)cccc1NC(=O)c1sc2nc(N)c(C#N)c(C)c2c1N. The number of thiophene rings is 1. The molecule has 0 saturated carbocycles. The third kappa shape index (κ3) is 2.76. The van der Waals surface area contributed by atoms with E-state index in [1.165, 1.54) is 0 Å². The number of hydrogen-bond acceptors (Lipinski definition) is 6. The van der Waals surface area contributed by atoms with Crippen LogP contribution in [0, 0.1) is 25.2 Å². The lowest BCUT2D eigenvalue weighted by Gasteiger charge is -2.09. The molecule has 0 aliphatic rings. The molecule has 2 heterocycles. The molecular formula is C17H14ClN5OS. The van der Waals surface area contributed by atoms with Crippen molar-refractivity contribution in [2.75, 3.05) is 16.8 Å². The summed E-state index contributed by atoms with van der Waals surface area (Å²) < 4.78 is 0. The van der Waals surface area contributed by atoms with Gasteiger partial charge >= 0.3 is 0 Å². The van der Waals surface area contributed by atoms with Crippen molar-refractivity contribution in [2.45, 2.75) is 13.8 Å². The molecule has 3 rings (SSSR count). The fourth-order valence-electron chi connectivity index (χ4n) is 2.59. The quantitative estimate of drug-likeness (QED) is 0.632. The number of aromatic nitrogens is 1. The first kappa shape index (κ1) is 17.0. The Hall–Kier alpha value is -2.82. The van der Waals surface area contributed by atoms with Gasteiger partial charge in [0.1, 0.15) is 21.6 Å². The Kier molecular flexibility index (Phi) is 4.25. The Balaban J connectivity index is 2.09. The predicted octanol–water partition coefficient (Wildman–Crippen LogP) is 3.85. The van der Waals surface area contributed by atoms with Crippen LogP contribution in [-0.2, 0) is 0 Å². The average molecular weight is 372 g/mol. The molecule has 0 spiro atoms. The van der Waals surface area contributed by atoms with Gasteiger partial charge in [0, 0.05) is 16.1 Å². The summed E-state index contributed by atoms with van der Waals surface area (Å²) in [5.74, 6) is -0.228. The highest BCUT2D eigenvalue weighted by Gasteiger charge is 2.22. The number of nitrogens with one attached hydrogen (secondary N) is 1. The van der Waals surface area contributed by atoms with Crippen LogP contribution in [0.1, 0.15) is 26.4 Å². The standard InChI is InChI=1S/C17H14ClN5OS/c1-7-9(6-19)15(21)23-17-12(7)13(20)14(25-17)16(24)22-11-5-3-4-10(18)8(11)2/h3-5H,20H2,1-2H3,(H2,21,23)(H,22,24). The Morgan fingerprint density at radius 1 is 1.32 bits per heavy atom. The molecular weight excluding hydrogens is 358 g/mol. The first-order valence-corrected chi connectivity index (χ1v) is 8.49. The first-order valence-electron chi connectivity index (χ1n) is 7.29. The molecule has 0 atom stereocenters. The van der Waals surface area contributed by atoms with Crippen LogP contribution in [0.5, 0.6) is 0 Å². The molecule has 5 N–H and O–H groups in total. The van der Waals surface area contributed by atoms with E-state index in [0.717, 1.165) is 16.9 Å². The van der Waals surface area contributed by atoms with Crippen LogP contribution in [-0.4, -0.2) is 10.9 Å². The van der Waals surface area contributed by atoms with Crippen LogP contribution in [0.25, 0.3) is 10.2 Å². The molecule has 2 aromatic heterocycles. The number of benzene rings is 1. The number of aryl methyl sites for hydroxylation is 1.